The predicted octanol–water partition coefficient (Wildman–Crippen LogP) is 5.68. The van der Waals surface area contributed by atoms with Crippen LogP contribution in [0.3, 0.4) is 0 Å². The van der Waals surface area contributed by atoms with E-state index in [0.29, 0.717) is 49.6 Å². The average molecular weight is 502 g/mol. The Morgan fingerprint density at radius 1 is 1.08 bits per heavy atom. The standard InChI is InChI=1S/C27H30F3N3O3/c1-16(2)15-33-22-5-3-4-19(14-17-6-10-20(11-7-17)27(28,29)30)23(22)24(32-33)25(34)31-21-12-8-18(9-13-21)26(35)36/h3-7,10-11,16,18,21H,8-9,12-15H2,1-2H3,(H,31,34)(H,35,36)/t18-,21+. The fraction of sp³-hybridized carbons (Fsp3) is 0.444. The van der Waals surface area contributed by atoms with Crippen LogP contribution in [0.5, 0.6) is 0 Å². The highest BCUT2D eigenvalue weighted by atomic mass is 19.4. The van der Waals surface area contributed by atoms with Gasteiger partial charge in [0.15, 0.2) is 5.69 Å². The van der Waals surface area contributed by atoms with Crippen LogP contribution in [0, 0.1) is 11.8 Å². The smallest absolute Gasteiger partial charge is 0.416 e. The summed E-state index contributed by atoms with van der Waals surface area (Å²) in [6.07, 6.45) is -1.83. The number of halogens is 3. The van der Waals surface area contributed by atoms with E-state index in [0.717, 1.165) is 23.2 Å². The molecule has 4 rings (SSSR count). The molecule has 1 saturated carbocycles. The molecule has 0 atom stereocenters. The van der Waals surface area contributed by atoms with Crippen LogP contribution in [0.1, 0.15) is 66.7 Å². The number of aliphatic carboxylic acids is 1. The molecule has 0 saturated heterocycles. The molecular formula is C27H30F3N3O3. The first-order valence-electron chi connectivity index (χ1n) is 12.2. The van der Waals surface area contributed by atoms with Gasteiger partial charge in [0.1, 0.15) is 0 Å². The summed E-state index contributed by atoms with van der Waals surface area (Å²) in [5.74, 6) is -1.21. The fourth-order valence-corrected chi connectivity index (χ4v) is 4.86. The molecule has 2 N–H and O–H groups in total. The molecule has 36 heavy (non-hydrogen) atoms. The van der Waals surface area contributed by atoms with Gasteiger partial charge in [0.05, 0.1) is 17.0 Å². The van der Waals surface area contributed by atoms with E-state index in [4.69, 9.17) is 0 Å². The van der Waals surface area contributed by atoms with Crippen molar-refractivity contribution in [2.75, 3.05) is 0 Å². The molecular weight excluding hydrogens is 471 g/mol. The topological polar surface area (TPSA) is 84.2 Å². The Bertz CT molecular complexity index is 1240. The number of rotatable bonds is 7. The van der Waals surface area contributed by atoms with Crippen molar-refractivity contribution in [2.24, 2.45) is 11.8 Å². The maximum Gasteiger partial charge on any atom is 0.416 e. The van der Waals surface area contributed by atoms with Gasteiger partial charge in [-0.15, -0.1) is 0 Å². The van der Waals surface area contributed by atoms with E-state index in [9.17, 15) is 27.9 Å². The highest BCUT2D eigenvalue weighted by Crippen LogP contribution is 2.31. The lowest BCUT2D eigenvalue weighted by Crippen LogP contribution is -2.39. The highest BCUT2D eigenvalue weighted by molar-refractivity contribution is 6.06. The molecule has 1 fully saturated rings. The molecule has 9 heteroatoms. The SMILES string of the molecule is CC(C)Cn1nc(C(=O)N[C@H]2CC[C@@H](C(=O)O)CC2)c2c(Cc3ccc(C(F)(F)F)cc3)cccc21. The van der Waals surface area contributed by atoms with Crippen molar-refractivity contribution in [1.82, 2.24) is 15.1 Å². The fourth-order valence-electron chi connectivity index (χ4n) is 4.86. The maximum absolute atomic E-state index is 13.4. The van der Waals surface area contributed by atoms with Crippen molar-refractivity contribution >= 4 is 22.8 Å². The van der Waals surface area contributed by atoms with Crippen molar-refractivity contribution in [3.63, 3.8) is 0 Å². The van der Waals surface area contributed by atoms with Gasteiger partial charge in [0.2, 0.25) is 0 Å². The van der Waals surface area contributed by atoms with Crippen LogP contribution < -0.4 is 5.32 Å². The second-order valence-corrected chi connectivity index (χ2v) is 9.97. The number of carbonyl (C=O) groups is 2. The lowest BCUT2D eigenvalue weighted by atomic mass is 9.86. The summed E-state index contributed by atoms with van der Waals surface area (Å²) in [7, 11) is 0. The Hall–Kier alpha value is -3.36. The van der Waals surface area contributed by atoms with Crippen LogP contribution >= 0.6 is 0 Å². The normalized spacial score (nSPS) is 18.5. The lowest BCUT2D eigenvalue weighted by molar-refractivity contribution is -0.143. The number of benzene rings is 2. The van der Waals surface area contributed by atoms with Crippen molar-refractivity contribution in [3.8, 4) is 0 Å². The second-order valence-electron chi connectivity index (χ2n) is 9.97. The average Bonchev–Trinajstić information content (AvgIpc) is 3.18. The summed E-state index contributed by atoms with van der Waals surface area (Å²) in [5, 5.41) is 17.6. The molecule has 0 bridgehead atoms. The number of nitrogens with one attached hydrogen (secondary N) is 1. The molecule has 0 aliphatic heterocycles. The Morgan fingerprint density at radius 3 is 2.33 bits per heavy atom. The lowest BCUT2D eigenvalue weighted by Gasteiger charge is -2.26. The van der Waals surface area contributed by atoms with Gasteiger partial charge in [-0.05, 0) is 67.3 Å². The quantitative estimate of drug-likeness (QED) is 0.437. The Balaban J connectivity index is 1.64. The summed E-state index contributed by atoms with van der Waals surface area (Å²) in [6.45, 7) is 4.72. The molecule has 0 unspecified atom stereocenters. The third-order valence-corrected chi connectivity index (χ3v) is 6.70. The number of carboxylic acids is 1. The zero-order chi connectivity index (χ0) is 26.0. The minimum Gasteiger partial charge on any atom is -0.481 e. The molecule has 6 nitrogen and oxygen atoms in total. The molecule has 1 heterocycles. The number of carboxylic acid groups (broad SMARTS) is 1. The number of carbonyl (C=O) groups excluding carboxylic acids is 1. The van der Waals surface area contributed by atoms with Crippen LogP contribution in [0.2, 0.25) is 0 Å². The van der Waals surface area contributed by atoms with E-state index < -0.39 is 17.7 Å². The summed E-state index contributed by atoms with van der Waals surface area (Å²) in [5.41, 5.74) is 1.89. The van der Waals surface area contributed by atoms with Crippen molar-refractivity contribution in [3.05, 3.63) is 64.8 Å². The van der Waals surface area contributed by atoms with E-state index in [-0.39, 0.29) is 29.5 Å². The van der Waals surface area contributed by atoms with Crippen LogP contribution in [-0.4, -0.2) is 32.8 Å². The summed E-state index contributed by atoms with van der Waals surface area (Å²) < 4.78 is 40.7. The predicted molar refractivity (Wildman–Crippen MR) is 130 cm³/mol. The van der Waals surface area contributed by atoms with Gasteiger partial charge >= 0.3 is 12.1 Å². The Labute approximate surface area is 207 Å². The molecule has 1 aliphatic carbocycles. The molecule has 192 valence electrons. The van der Waals surface area contributed by atoms with Crippen molar-refractivity contribution < 1.29 is 27.9 Å². The van der Waals surface area contributed by atoms with Gasteiger partial charge in [-0.3, -0.25) is 14.3 Å². The molecule has 1 aliphatic rings. The summed E-state index contributed by atoms with van der Waals surface area (Å²) >= 11 is 0. The number of alkyl halides is 3. The van der Waals surface area contributed by atoms with E-state index >= 15 is 0 Å². The second kappa shape index (κ2) is 10.3. The molecule has 1 amide bonds. The minimum absolute atomic E-state index is 0.125. The van der Waals surface area contributed by atoms with Crippen LogP contribution in [0.25, 0.3) is 10.9 Å². The van der Waals surface area contributed by atoms with Gasteiger partial charge in [-0.25, -0.2) is 0 Å². The first kappa shape index (κ1) is 25.7. The zero-order valence-electron chi connectivity index (χ0n) is 20.3. The third-order valence-electron chi connectivity index (χ3n) is 6.70. The molecule has 3 aromatic rings. The summed E-state index contributed by atoms with van der Waals surface area (Å²) in [6, 6.07) is 10.6. The van der Waals surface area contributed by atoms with E-state index in [1.165, 1.54) is 12.1 Å². The number of aromatic nitrogens is 2. The van der Waals surface area contributed by atoms with Gasteiger partial charge in [-0.2, -0.15) is 18.3 Å². The van der Waals surface area contributed by atoms with Crippen LogP contribution in [0.4, 0.5) is 13.2 Å². The largest absolute Gasteiger partial charge is 0.481 e. The molecule has 1 aromatic heterocycles. The molecule has 0 radical (unpaired) electrons. The summed E-state index contributed by atoms with van der Waals surface area (Å²) in [4.78, 5) is 24.6. The van der Waals surface area contributed by atoms with E-state index in [1.54, 1.807) is 0 Å². The number of hydrogen-bond donors (Lipinski definition) is 2. The zero-order valence-corrected chi connectivity index (χ0v) is 20.3. The number of nitrogens with zero attached hydrogens (tertiary/aromatic N) is 2. The number of fused-ring (bicyclic) bond motifs is 1. The Morgan fingerprint density at radius 2 is 1.75 bits per heavy atom. The van der Waals surface area contributed by atoms with E-state index in [2.05, 4.69) is 24.3 Å². The number of amides is 1. The van der Waals surface area contributed by atoms with Gasteiger partial charge in [0.25, 0.3) is 5.91 Å². The third kappa shape index (κ3) is 5.71. The van der Waals surface area contributed by atoms with Crippen LogP contribution in [0.15, 0.2) is 42.5 Å². The monoisotopic (exact) mass is 501 g/mol. The molecule has 0 spiro atoms. The maximum atomic E-state index is 13.4. The van der Waals surface area contributed by atoms with Gasteiger partial charge in [-0.1, -0.05) is 38.1 Å². The van der Waals surface area contributed by atoms with Crippen LogP contribution in [-0.2, 0) is 23.9 Å². The van der Waals surface area contributed by atoms with Crippen molar-refractivity contribution in [1.29, 1.82) is 0 Å². The van der Waals surface area contributed by atoms with E-state index in [1.807, 2.05) is 22.9 Å². The Kier molecular flexibility index (Phi) is 7.38. The minimum atomic E-state index is -4.40. The highest BCUT2D eigenvalue weighted by Gasteiger charge is 2.30. The first-order valence-corrected chi connectivity index (χ1v) is 12.2. The van der Waals surface area contributed by atoms with Crippen molar-refractivity contribution in [2.45, 2.75) is 64.7 Å². The van der Waals surface area contributed by atoms with Gasteiger partial charge in [0, 0.05) is 18.0 Å². The number of hydrogen-bond acceptors (Lipinski definition) is 3. The molecule has 2 aromatic carbocycles. The first-order chi connectivity index (χ1) is 17.0. The van der Waals surface area contributed by atoms with Gasteiger partial charge < -0.3 is 10.4 Å².